The zero-order valence-corrected chi connectivity index (χ0v) is 19.5. The normalized spacial score (nSPS) is 21.5. The number of benzene rings is 1. The van der Waals surface area contributed by atoms with Crippen molar-refractivity contribution in [3.8, 4) is 11.4 Å². The second-order valence-corrected chi connectivity index (χ2v) is 9.42. The molecule has 1 aliphatic rings. The average Bonchev–Trinajstić information content (AvgIpc) is 3.13. The lowest BCUT2D eigenvalue weighted by Gasteiger charge is -2.34. The molecular formula is C22H31ClN4O2S. The molecule has 1 heterocycles. The Labute approximate surface area is 188 Å². The third-order valence-electron chi connectivity index (χ3n) is 5.94. The van der Waals surface area contributed by atoms with E-state index >= 15 is 0 Å². The lowest BCUT2D eigenvalue weighted by molar-refractivity contribution is -0.120. The van der Waals surface area contributed by atoms with Crippen molar-refractivity contribution >= 4 is 29.3 Å². The lowest BCUT2D eigenvalue weighted by atomic mass is 9.78. The van der Waals surface area contributed by atoms with Crippen molar-refractivity contribution in [2.75, 3.05) is 19.5 Å². The van der Waals surface area contributed by atoms with Crippen molar-refractivity contribution in [3.05, 3.63) is 29.3 Å². The maximum absolute atomic E-state index is 12.6. The number of carbonyl (C=O) groups excluding carboxylic acids is 1. The minimum absolute atomic E-state index is 0.0606. The molecule has 1 amide bonds. The van der Waals surface area contributed by atoms with E-state index in [1.54, 1.807) is 7.11 Å². The molecule has 1 aliphatic carbocycles. The number of rotatable bonds is 9. The van der Waals surface area contributed by atoms with Crippen LogP contribution < -0.4 is 5.32 Å². The Balaban J connectivity index is 1.67. The van der Waals surface area contributed by atoms with E-state index in [0.717, 1.165) is 35.9 Å². The second-order valence-electron chi connectivity index (χ2n) is 8.04. The minimum atomic E-state index is 0.0606. The van der Waals surface area contributed by atoms with Crippen LogP contribution in [-0.4, -0.2) is 46.2 Å². The molecule has 3 rings (SSSR count). The largest absolute Gasteiger partial charge is 0.385 e. The summed E-state index contributed by atoms with van der Waals surface area (Å²) in [7, 11) is 1.69. The molecule has 1 aromatic heterocycles. The SMILES string of the molecule is COCCCn1c(SCC(=O)N[C@@H]2CCC[C@H](C)[C@@H]2C)nnc1-c1ccc(Cl)cc1. The number of amides is 1. The van der Waals surface area contributed by atoms with Crippen LogP contribution in [0, 0.1) is 11.8 Å². The standard InChI is InChI=1S/C22H31ClN4O2S/c1-15-6-4-7-19(16(15)2)24-20(28)14-30-22-26-25-21(27(22)12-5-13-29-3)17-8-10-18(23)11-9-17/h8-11,15-16,19H,4-7,12-14H2,1-3H3,(H,24,28)/t15-,16-,19+/m0/s1. The fraction of sp³-hybridized carbons (Fsp3) is 0.591. The number of hydrogen-bond acceptors (Lipinski definition) is 5. The van der Waals surface area contributed by atoms with Crippen molar-refractivity contribution < 1.29 is 9.53 Å². The number of thioether (sulfide) groups is 1. The summed E-state index contributed by atoms with van der Waals surface area (Å²) >= 11 is 7.46. The van der Waals surface area contributed by atoms with Gasteiger partial charge in [-0.2, -0.15) is 0 Å². The molecule has 0 aliphatic heterocycles. The van der Waals surface area contributed by atoms with Gasteiger partial charge in [-0.05, 0) is 48.9 Å². The summed E-state index contributed by atoms with van der Waals surface area (Å²) in [5.41, 5.74) is 0.950. The molecule has 1 aromatic carbocycles. The van der Waals surface area contributed by atoms with Gasteiger partial charge in [-0.25, -0.2) is 0 Å². The van der Waals surface area contributed by atoms with Crippen LogP contribution in [0.1, 0.15) is 39.5 Å². The Hall–Kier alpha value is -1.57. The van der Waals surface area contributed by atoms with Gasteiger partial charge in [-0.15, -0.1) is 10.2 Å². The molecule has 8 heteroatoms. The summed E-state index contributed by atoms with van der Waals surface area (Å²) < 4.78 is 7.26. The molecule has 1 fully saturated rings. The molecule has 3 atom stereocenters. The highest BCUT2D eigenvalue weighted by Crippen LogP contribution is 2.30. The number of carbonyl (C=O) groups is 1. The van der Waals surface area contributed by atoms with Crippen molar-refractivity contribution in [2.24, 2.45) is 11.8 Å². The Morgan fingerprint density at radius 1 is 1.27 bits per heavy atom. The third kappa shape index (κ3) is 5.99. The van der Waals surface area contributed by atoms with E-state index in [4.69, 9.17) is 16.3 Å². The van der Waals surface area contributed by atoms with Gasteiger partial charge in [-0.1, -0.05) is 50.1 Å². The van der Waals surface area contributed by atoms with Crippen LogP contribution in [0.15, 0.2) is 29.4 Å². The first-order valence-electron chi connectivity index (χ1n) is 10.6. The zero-order valence-electron chi connectivity index (χ0n) is 17.9. The molecule has 164 valence electrons. The first-order valence-corrected chi connectivity index (χ1v) is 12.0. The van der Waals surface area contributed by atoms with Crippen molar-refractivity contribution in [1.82, 2.24) is 20.1 Å². The second kappa shape index (κ2) is 11.2. The van der Waals surface area contributed by atoms with Crippen LogP contribution in [-0.2, 0) is 16.1 Å². The number of ether oxygens (including phenoxy) is 1. The Morgan fingerprint density at radius 3 is 2.77 bits per heavy atom. The highest BCUT2D eigenvalue weighted by Gasteiger charge is 2.28. The fourth-order valence-corrected chi connectivity index (χ4v) is 4.84. The fourth-order valence-electron chi connectivity index (χ4n) is 3.94. The van der Waals surface area contributed by atoms with Gasteiger partial charge in [0.05, 0.1) is 5.75 Å². The van der Waals surface area contributed by atoms with E-state index in [1.807, 2.05) is 24.3 Å². The van der Waals surface area contributed by atoms with E-state index in [0.29, 0.717) is 29.2 Å². The van der Waals surface area contributed by atoms with E-state index in [2.05, 4.69) is 33.9 Å². The quantitative estimate of drug-likeness (QED) is 0.444. The lowest BCUT2D eigenvalue weighted by Crippen LogP contribution is -2.44. The predicted molar refractivity (Wildman–Crippen MR) is 122 cm³/mol. The van der Waals surface area contributed by atoms with Crippen LogP contribution in [0.5, 0.6) is 0 Å². The molecule has 6 nitrogen and oxygen atoms in total. The molecule has 0 spiro atoms. The number of nitrogens with zero attached hydrogens (tertiary/aromatic N) is 3. The minimum Gasteiger partial charge on any atom is -0.385 e. The highest BCUT2D eigenvalue weighted by molar-refractivity contribution is 7.99. The van der Waals surface area contributed by atoms with Crippen molar-refractivity contribution in [2.45, 2.75) is 57.3 Å². The van der Waals surface area contributed by atoms with E-state index in [-0.39, 0.29) is 11.9 Å². The smallest absolute Gasteiger partial charge is 0.230 e. The van der Waals surface area contributed by atoms with Crippen LogP contribution in [0.25, 0.3) is 11.4 Å². The molecule has 2 aromatic rings. The summed E-state index contributed by atoms with van der Waals surface area (Å²) in [6.07, 6.45) is 4.34. The van der Waals surface area contributed by atoms with E-state index in [9.17, 15) is 4.79 Å². The maximum Gasteiger partial charge on any atom is 0.230 e. The van der Waals surface area contributed by atoms with Gasteiger partial charge in [-0.3, -0.25) is 4.79 Å². The zero-order chi connectivity index (χ0) is 21.5. The number of aromatic nitrogens is 3. The Kier molecular flexibility index (Phi) is 8.60. The van der Waals surface area contributed by atoms with Gasteiger partial charge >= 0.3 is 0 Å². The first kappa shape index (κ1) is 23.1. The molecule has 0 unspecified atom stereocenters. The van der Waals surface area contributed by atoms with Gasteiger partial charge in [0.2, 0.25) is 5.91 Å². The third-order valence-corrected chi connectivity index (χ3v) is 7.15. The number of methoxy groups -OCH3 is 1. The maximum atomic E-state index is 12.6. The molecule has 1 saturated carbocycles. The van der Waals surface area contributed by atoms with Gasteiger partial charge in [0, 0.05) is 36.9 Å². The molecule has 0 bridgehead atoms. The topological polar surface area (TPSA) is 69.0 Å². The van der Waals surface area contributed by atoms with Crippen LogP contribution >= 0.6 is 23.4 Å². The first-order chi connectivity index (χ1) is 14.5. The van der Waals surface area contributed by atoms with Gasteiger partial charge < -0.3 is 14.6 Å². The van der Waals surface area contributed by atoms with Gasteiger partial charge in [0.15, 0.2) is 11.0 Å². The highest BCUT2D eigenvalue weighted by atomic mass is 35.5. The number of nitrogens with one attached hydrogen (secondary N) is 1. The monoisotopic (exact) mass is 450 g/mol. The molecule has 0 saturated heterocycles. The number of halogens is 1. The summed E-state index contributed by atoms with van der Waals surface area (Å²) in [6.45, 7) is 5.89. The number of hydrogen-bond donors (Lipinski definition) is 1. The summed E-state index contributed by atoms with van der Waals surface area (Å²) in [6, 6.07) is 7.83. The Morgan fingerprint density at radius 2 is 2.03 bits per heavy atom. The van der Waals surface area contributed by atoms with Gasteiger partial charge in [0.25, 0.3) is 0 Å². The predicted octanol–water partition coefficient (Wildman–Crippen LogP) is 4.67. The summed E-state index contributed by atoms with van der Waals surface area (Å²) in [4.78, 5) is 12.6. The van der Waals surface area contributed by atoms with Crippen LogP contribution in [0.3, 0.4) is 0 Å². The van der Waals surface area contributed by atoms with Crippen LogP contribution in [0.4, 0.5) is 0 Å². The van der Waals surface area contributed by atoms with Crippen molar-refractivity contribution in [1.29, 1.82) is 0 Å². The van der Waals surface area contributed by atoms with Crippen LogP contribution in [0.2, 0.25) is 5.02 Å². The molecule has 0 radical (unpaired) electrons. The van der Waals surface area contributed by atoms with Crippen molar-refractivity contribution in [3.63, 3.8) is 0 Å². The summed E-state index contributed by atoms with van der Waals surface area (Å²) in [5, 5.41) is 13.4. The summed E-state index contributed by atoms with van der Waals surface area (Å²) in [5.74, 6) is 2.34. The molecule has 1 N–H and O–H groups in total. The Bertz CT molecular complexity index is 827. The molecule has 30 heavy (non-hydrogen) atoms. The van der Waals surface area contributed by atoms with E-state index in [1.165, 1.54) is 24.6 Å². The molecular weight excluding hydrogens is 420 g/mol. The average molecular weight is 451 g/mol. The van der Waals surface area contributed by atoms with Gasteiger partial charge in [0.1, 0.15) is 0 Å². The van der Waals surface area contributed by atoms with E-state index < -0.39 is 0 Å².